The van der Waals surface area contributed by atoms with Crippen LogP contribution in [0.4, 0.5) is 17.1 Å². The molecule has 8 nitrogen and oxygen atoms in total. The normalized spacial score (nSPS) is 21.1. The first-order valence-corrected chi connectivity index (χ1v) is 9.23. The molecule has 2 aromatic rings. The summed E-state index contributed by atoms with van der Waals surface area (Å²) in [5.74, 6) is 0. The van der Waals surface area contributed by atoms with Gasteiger partial charge in [0.1, 0.15) is 5.69 Å². The highest BCUT2D eigenvalue weighted by atomic mass is 16.6. The molecule has 1 aliphatic rings. The lowest BCUT2D eigenvalue weighted by Crippen LogP contribution is -2.32. The highest BCUT2D eigenvalue weighted by Gasteiger charge is 2.34. The van der Waals surface area contributed by atoms with Crippen molar-refractivity contribution in [3.63, 3.8) is 0 Å². The third-order valence-corrected chi connectivity index (χ3v) is 5.34. The molecule has 3 rings (SSSR count). The number of non-ortho nitro benzene ring substituents is 1. The van der Waals surface area contributed by atoms with Gasteiger partial charge in [-0.15, -0.1) is 0 Å². The number of rotatable bonds is 5. The molecule has 1 atom stereocenters. The zero-order valence-electron chi connectivity index (χ0n) is 15.6. The third-order valence-electron chi connectivity index (χ3n) is 5.34. The van der Waals surface area contributed by atoms with Gasteiger partial charge in [-0.2, -0.15) is 5.10 Å². The predicted molar refractivity (Wildman–Crippen MR) is 108 cm³/mol. The number of hydrazone groups is 1. The summed E-state index contributed by atoms with van der Waals surface area (Å²) in [6, 6.07) is 13.6. The van der Waals surface area contributed by atoms with Crippen LogP contribution >= 0.6 is 0 Å². The van der Waals surface area contributed by atoms with Crippen molar-refractivity contribution in [3.8, 4) is 0 Å². The molecule has 0 unspecified atom stereocenters. The van der Waals surface area contributed by atoms with E-state index in [1.807, 2.05) is 18.2 Å². The van der Waals surface area contributed by atoms with Crippen LogP contribution in [-0.4, -0.2) is 15.6 Å². The van der Waals surface area contributed by atoms with Crippen molar-refractivity contribution in [2.45, 2.75) is 44.4 Å². The summed E-state index contributed by atoms with van der Waals surface area (Å²) in [6.45, 7) is 2.15. The largest absolute Gasteiger partial charge is 0.301 e. The lowest BCUT2D eigenvalue weighted by atomic mass is 9.75. The number of nitrogens with zero attached hydrogens (tertiary/aromatic N) is 3. The van der Waals surface area contributed by atoms with Crippen molar-refractivity contribution in [1.29, 1.82) is 0 Å². The molecule has 0 heterocycles. The van der Waals surface area contributed by atoms with Gasteiger partial charge in [0.25, 0.3) is 5.69 Å². The second-order valence-electron chi connectivity index (χ2n) is 7.14. The summed E-state index contributed by atoms with van der Waals surface area (Å²) in [5, 5.41) is 26.8. The molecule has 1 fully saturated rings. The maximum Gasteiger partial charge on any atom is 0.301 e. The Morgan fingerprint density at radius 1 is 1.00 bits per heavy atom. The number of hydrogen-bond acceptors (Lipinski definition) is 6. The van der Waals surface area contributed by atoms with E-state index in [9.17, 15) is 20.2 Å². The molecular formula is C20H22N4O4. The number of nitro groups is 2. The minimum atomic E-state index is -0.652. The molecule has 0 spiro atoms. The first-order chi connectivity index (χ1) is 13.4. The fourth-order valence-corrected chi connectivity index (χ4v) is 3.67. The topological polar surface area (TPSA) is 111 Å². The van der Waals surface area contributed by atoms with Crippen molar-refractivity contribution in [1.82, 2.24) is 0 Å². The van der Waals surface area contributed by atoms with Gasteiger partial charge in [-0.3, -0.25) is 25.7 Å². The Hall–Kier alpha value is -3.29. The standard InChI is InChI=1S/C20H22N4O4/c1-20(15-8-4-2-5-9-15)13-7-3-6-10-19(20)22-21-17-12-11-16(23(25)26)14-18(17)24(27)28/h2,4-5,8-9,11-12,14,21H,3,6-7,10,13H2,1H3/b22-19+/t20-/m0/s1. The first kappa shape index (κ1) is 19.5. The molecule has 0 amide bonds. The molecule has 0 aliphatic heterocycles. The van der Waals surface area contributed by atoms with E-state index < -0.39 is 9.85 Å². The van der Waals surface area contributed by atoms with Crippen molar-refractivity contribution < 1.29 is 9.85 Å². The van der Waals surface area contributed by atoms with Crippen molar-refractivity contribution in [2.24, 2.45) is 5.10 Å². The molecule has 28 heavy (non-hydrogen) atoms. The van der Waals surface area contributed by atoms with Gasteiger partial charge >= 0.3 is 5.69 Å². The molecule has 8 heteroatoms. The van der Waals surface area contributed by atoms with E-state index in [1.54, 1.807) is 0 Å². The molecular weight excluding hydrogens is 360 g/mol. The number of anilines is 1. The van der Waals surface area contributed by atoms with Gasteiger partial charge in [0.2, 0.25) is 0 Å². The van der Waals surface area contributed by atoms with E-state index in [4.69, 9.17) is 0 Å². The molecule has 1 aliphatic carbocycles. The Morgan fingerprint density at radius 3 is 2.43 bits per heavy atom. The minimum Gasteiger partial charge on any atom is -0.272 e. The molecule has 2 aromatic carbocycles. The van der Waals surface area contributed by atoms with Crippen LogP contribution in [0.15, 0.2) is 53.6 Å². The van der Waals surface area contributed by atoms with E-state index in [1.165, 1.54) is 12.1 Å². The Morgan fingerprint density at radius 2 is 1.75 bits per heavy atom. The van der Waals surface area contributed by atoms with E-state index in [-0.39, 0.29) is 22.5 Å². The van der Waals surface area contributed by atoms with Crippen LogP contribution < -0.4 is 5.43 Å². The monoisotopic (exact) mass is 382 g/mol. The smallest absolute Gasteiger partial charge is 0.272 e. The van der Waals surface area contributed by atoms with Crippen LogP contribution in [0.3, 0.4) is 0 Å². The quantitative estimate of drug-likeness (QED) is 0.434. The molecule has 1 saturated carbocycles. The van der Waals surface area contributed by atoms with Crippen LogP contribution in [0.5, 0.6) is 0 Å². The second kappa shape index (κ2) is 8.16. The Balaban J connectivity index is 1.97. The molecule has 1 N–H and O–H groups in total. The first-order valence-electron chi connectivity index (χ1n) is 9.23. The number of benzene rings is 2. The second-order valence-corrected chi connectivity index (χ2v) is 7.14. The van der Waals surface area contributed by atoms with E-state index >= 15 is 0 Å². The summed E-state index contributed by atoms with van der Waals surface area (Å²) in [7, 11) is 0. The van der Waals surface area contributed by atoms with Crippen LogP contribution in [0.2, 0.25) is 0 Å². The number of nitrogens with one attached hydrogen (secondary N) is 1. The van der Waals surface area contributed by atoms with Crippen LogP contribution in [0.1, 0.15) is 44.6 Å². The fraction of sp³-hybridized carbons (Fsp3) is 0.350. The molecule has 0 bridgehead atoms. The predicted octanol–water partition coefficient (Wildman–Crippen LogP) is 5.19. The van der Waals surface area contributed by atoms with E-state index in [0.29, 0.717) is 0 Å². The molecule has 0 saturated heterocycles. The Labute approximate surface area is 162 Å². The van der Waals surface area contributed by atoms with Crippen LogP contribution in [-0.2, 0) is 5.41 Å². The Kier molecular flexibility index (Phi) is 5.67. The summed E-state index contributed by atoms with van der Waals surface area (Å²) in [4.78, 5) is 21.0. The summed E-state index contributed by atoms with van der Waals surface area (Å²) < 4.78 is 0. The number of hydrogen-bond donors (Lipinski definition) is 1. The third kappa shape index (κ3) is 4.00. The summed E-state index contributed by atoms with van der Waals surface area (Å²) >= 11 is 0. The fourth-order valence-electron chi connectivity index (χ4n) is 3.67. The van der Waals surface area contributed by atoms with Crippen LogP contribution in [0.25, 0.3) is 0 Å². The lowest BCUT2D eigenvalue weighted by Gasteiger charge is -2.30. The van der Waals surface area contributed by atoms with E-state index in [2.05, 4.69) is 29.6 Å². The van der Waals surface area contributed by atoms with Gasteiger partial charge in [-0.25, -0.2) is 0 Å². The Bertz CT molecular complexity index is 914. The van der Waals surface area contributed by atoms with Crippen LogP contribution in [0, 0.1) is 20.2 Å². The van der Waals surface area contributed by atoms with Crippen molar-refractivity contribution in [2.75, 3.05) is 5.43 Å². The summed E-state index contributed by atoms with van der Waals surface area (Å²) in [5.41, 5.74) is 4.09. The van der Waals surface area contributed by atoms with Crippen molar-refractivity contribution in [3.05, 3.63) is 74.3 Å². The molecule has 146 valence electrons. The lowest BCUT2D eigenvalue weighted by molar-refractivity contribution is -0.393. The maximum atomic E-state index is 11.3. The van der Waals surface area contributed by atoms with Crippen molar-refractivity contribution >= 4 is 22.8 Å². The maximum absolute atomic E-state index is 11.3. The molecule has 0 aromatic heterocycles. The van der Waals surface area contributed by atoms with Gasteiger partial charge in [0.05, 0.1) is 15.9 Å². The van der Waals surface area contributed by atoms with E-state index in [0.717, 1.165) is 49.4 Å². The highest BCUT2D eigenvalue weighted by molar-refractivity contribution is 5.95. The average molecular weight is 382 g/mol. The van der Waals surface area contributed by atoms with Gasteiger partial charge in [0.15, 0.2) is 0 Å². The van der Waals surface area contributed by atoms with Gasteiger partial charge < -0.3 is 0 Å². The highest BCUT2D eigenvalue weighted by Crippen LogP contribution is 2.37. The zero-order valence-corrected chi connectivity index (χ0v) is 15.6. The average Bonchev–Trinajstić information content (AvgIpc) is 2.89. The zero-order chi connectivity index (χ0) is 20.1. The van der Waals surface area contributed by atoms with Gasteiger partial charge in [-0.05, 0) is 30.9 Å². The number of nitro benzene ring substituents is 2. The summed E-state index contributed by atoms with van der Waals surface area (Å²) in [6.07, 6.45) is 4.94. The van der Waals surface area contributed by atoms with Gasteiger partial charge in [-0.1, -0.05) is 50.1 Å². The van der Waals surface area contributed by atoms with Gasteiger partial charge in [0, 0.05) is 17.2 Å². The minimum absolute atomic E-state index is 0.141. The SMILES string of the molecule is C[C@@]1(c2ccccc2)CCCCC/C1=N\Nc1ccc([N+](=O)[O-])cc1[N+](=O)[O-]. The molecule has 0 radical (unpaired) electrons.